The molecule has 0 bridgehead atoms. The Morgan fingerprint density at radius 3 is 2.42 bits per heavy atom. The van der Waals surface area contributed by atoms with E-state index in [1.165, 1.54) is 30.5 Å². The van der Waals surface area contributed by atoms with E-state index in [4.69, 9.17) is 14.7 Å². The molecule has 0 heterocycles. The van der Waals surface area contributed by atoms with Gasteiger partial charge in [0, 0.05) is 18.4 Å². The number of nitrogens with one attached hydrogen (secondary N) is 2. The summed E-state index contributed by atoms with van der Waals surface area (Å²) >= 11 is 0. The van der Waals surface area contributed by atoms with E-state index in [1.807, 2.05) is 6.07 Å². The van der Waals surface area contributed by atoms with Crippen molar-refractivity contribution in [3.63, 3.8) is 0 Å². The summed E-state index contributed by atoms with van der Waals surface area (Å²) in [6.07, 6.45) is 1.32. The van der Waals surface area contributed by atoms with E-state index >= 15 is 0 Å². The summed E-state index contributed by atoms with van der Waals surface area (Å²) in [4.78, 5) is 12.0. The third-order valence-corrected chi connectivity index (χ3v) is 3.29. The zero-order valence-corrected chi connectivity index (χ0v) is 14.2. The first-order chi connectivity index (χ1) is 12.6. The summed E-state index contributed by atoms with van der Waals surface area (Å²) in [5.41, 5.74) is 0.305. The van der Waals surface area contributed by atoms with Crippen LogP contribution >= 0.6 is 0 Å². The highest BCUT2D eigenvalue weighted by atomic mass is 19.1. The van der Waals surface area contributed by atoms with E-state index in [9.17, 15) is 9.18 Å². The van der Waals surface area contributed by atoms with Gasteiger partial charge in [-0.2, -0.15) is 5.26 Å². The smallest absolute Gasteiger partial charge is 0.267 e. The number of anilines is 1. The van der Waals surface area contributed by atoms with Crippen molar-refractivity contribution >= 4 is 11.6 Å². The van der Waals surface area contributed by atoms with E-state index in [2.05, 4.69) is 10.6 Å². The van der Waals surface area contributed by atoms with Crippen molar-refractivity contribution in [2.75, 3.05) is 25.6 Å². The molecule has 7 heteroatoms. The lowest BCUT2D eigenvalue weighted by molar-refractivity contribution is -0.112. The molecular formula is C19H18FN3O3. The maximum Gasteiger partial charge on any atom is 0.267 e. The number of hydrogen-bond acceptors (Lipinski definition) is 5. The van der Waals surface area contributed by atoms with Crippen LogP contribution in [0.15, 0.2) is 60.3 Å². The fraction of sp³-hybridized carbons (Fsp3) is 0.158. The molecule has 0 radical (unpaired) electrons. The Morgan fingerprint density at radius 1 is 1.15 bits per heavy atom. The first kappa shape index (κ1) is 18.8. The first-order valence-electron chi connectivity index (χ1n) is 7.80. The van der Waals surface area contributed by atoms with Crippen molar-refractivity contribution in [1.29, 1.82) is 5.26 Å². The molecule has 0 fully saturated rings. The highest BCUT2D eigenvalue weighted by Gasteiger charge is 2.09. The van der Waals surface area contributed by atoms with Gasteiger partial charge in [0.2, 0.25) is 0 Å². The van der Waals surface area contributed by atoms with Crippen LogP contribution in [0, 0.1) is 17.1 Å². The number of nitrogens with zero attached hydrogens (tertiary/aromatic N) is 1. The lowest BCUT2D eigenvalue weighted by Crippen LogP contribution is -2.20. The van der Waals surface area contributed by atoms with E-state index in [0.29, 0.717) is 24.6 Å². The number of carbonyl (C=O) groups is 1. The van der Waals surface area contributed by atoms with Crippen LogP contribution in [-0.4, -0.2) is 26.2 Å². The van der Waals surface area contributed by atoms with Gasteiger partial charge in [-0.3, -0.25) is 4.79 Å². The Hall–Kier alpha value is -3.53. The molecule has 0 atom stereocenters. The van der Waals surface area contributed by atoms with Crippen LogP contribution in [0.1, 0.15) is 0 Å². The van der Waals surface area contributed by atoms with Crippen molar-refractivity contribution in [2.24, 2.45) is 0 Å². The normalized spacial score (nSPS) is 10.6. The van der Waals surface area contributed by atoms with Gasteiger partial charge in [-0.05, 0) is 48.5 Å². The fourth-order valence-electron chi connectivity index (χ4n) is 1.95. The van der Waals surface area contributed by atoms with Crippen LogP contribution in [0.3, 0.4) is 0 Å². The number of rotatable bonds is 8. The number of benzene rings is 2. The monoisotopic (exact) mass is 355 g/mol. The molecule has 0 saturated heterocycles. The van der Waals surface area contributed by atoms with Gasteiger partial charge in [0.15, 0.2) is 0 Å². The Labute approximate surface area is 150 Å². The van der Waals surface area contributed by atoms with E-state index in [1.54, 1.807) is 31.4 Å². The topological polar surface area (TPSA) is 83.4 Å². The van der Waals surface area contributed by atoms with Crippen LogP contribution in [-0.2, 0) is 4.79 Å². The number of carbonyl (C=O) groups excluding carboxylic acids is 1. The van der Waals surface area contributed by atoms with Gasteiger partial charge in [0.25, 0.3) is 5.91 Å². The average Bonchev–Trinajstić information content (AvgIpc) is 2.67. The third-order valence-electron chi connectivity index (χ3n) is 3.29. The van der Waals surface area contributed by atoms with Gasteiger partial charge in [0.05, 0.1) is 7.11 Å². The number of halogens is 1. The molecule has 0 saturated carbocycles. The zero-order chi connectivity index (χ0) is 18.8. The molecule has 1 amide bonds. The Bertz CT molecular complexity index is 796. The molecule has 6 nitrogen and oxygen atoms in total. The summed E-state index contributed by atoms with van der Waals surface area (Å²) in [5.74, 6) is 0.440. The van der Waals surface area contributed by atoms with E-state index < -0.39 is 11.7 Å². The van der Waals surface area contributed by atoms with Crippen molar-refractivity contribution in [3.8, 4) is 17.6 Å². The predicted molar refractivity (Wildman–Crippen MR) is 95.2 cm³/mol. The molecule has 2 aromatic rings. The molecule has 0 aromatic heterocycles. The summed E-state index contributed by atoms with van der Waals surface area (Å²) in [5, 5.41) is 14.4. The third kappa shape index (κ3) is 5.83. The fourth-order valence-corrected chi connectivity index (χ4v) is 1.95. The van der Waals surface area contributed by atoms with Crippen molar-refractivity contribution in [3.05, 3.63) is 66.1 Å². The minimum atomic E-state index is -0.581. The average molecular weight is 355 g/mol. The molecule has 0 aliphatic rings. The standard InChI is InChI=1S/C19H18FN3O3/c1-25-17-6-8-18(9-7-17)26-11-10-22-13-14(12-21)19(24)23-16-4-2-15(20)3-5-16/h2-9,13,22H,10-11H2,1H3,(H,23,24)/b14-13-. The summed E-state index contributed by atoms with van der Waals surface area (Å²) in [7, 11) is 1.59. The van der Waals surface area contributed by atoms with Crippen molar-refractivity contribution in [1.82, 2.24) is 5.32 Å². The number of methoxy groups -OCH3 is 1. The largest absolute Gasteiger partial charge is 0.497 e. The molecule has 0 spiro atoms. The van der Waals surface area contributed by atoms with Crippen LogP contribution < -0.4 is 20.1 Å². The van der Waals surface area contributed by atoms with Crippen molar-refractivity contribution < 1.29 is 18.7 Å². The number of hydrogen-bond donors (Lipinski definition) is 2. The molecule has 2 aromatic carbocycles. The molecule has 2 N–H and O–H groups in total. The van der Waals surface area contributed by atoms with Gasteiger partial charge in [-0.1, -0.05) is 0 Å². The highest BCUT2D eigenvalue weighted by molar-refractivity contribution is 6.06. The minimum absolute atomic E-state index is 0.0984. The molecule has 0 unspecified atom stereocenters. The maximum absolute atomic E-state index is 12.8. The molecule has 26 heavy (non-hydrogen) atoms. The van der Waals surface area contributed by atoms with Crippen LogP contribution in [0.5, 0.6) is 11.5 Å². The van der Waals surface area contributed by atoms with Crippen LogP contribution in [0.4, 0.5) is 10.1 Å². The maximum atomic E-state index is 12.8. The van der Waals surface area contributed by atoms with E-state index in [-0.39, 0.29) is 5.57 Å². The molecular weight excluding hydrogens is 337 g/mol. The second kappa shape index (κ2) is 9.69. The van der Waals surface area contributed by atoms with Gasteiger partial charge < -0.3 is 20.1 Å². The number of ether oxygens (including phenoxy) is 2. The number of amides is 1. The minimum Gasteiger partial charge on any atom is -0.497 e. The summed E-state index contributed by atoms with van der Waals surface area (Å²) < 4.78 is 23.4. The van der Waals surface area contributed by atoms with Crippen LogP contribution in [0.2, 0.25) is 0 Å². The Kier molecular flexibility index (Phi) is 7.01. The zero-order valence-electron chi connectivity index (χ0n) is 14.2. The Balaban J connectivity index is 1.78. The SMILES string of the molecule is COc1ccc(OCCN/C=C(/C#N)C(=O)Nc2ccc(F)cc2)cc1. The van der Waals surface area contributed by atoms with Crippen LogP contribution in [0.25, 0.3) is 0 Å². The summed E-state index contributed by atoms with van der Waals surface area (Å²) in [6.45, 7) is 0.752. The van der Waals surface area contributed by atoms with Gasteiger partial charge in [-0.15, -0.1) is 0 Å². The molecule has 2 rings (SSSR count). The van der Waals surface area contributed by atoms with Gasteiger partial charge in [-0.25, -0.2) is 4.39 Å². The predicted octanol–water partition coefficient (Wildman–Crippen LogP) is 2.85. The van der Waals surface area contributed by atoms with E-state index in [0.717, 1.165) is 5.75 Å². The second-order valence-corrected chi connectivity index (χ2v) is 5.11. The number of nitriles is 1. The molecule has 134 valence electrons. The molecule has 0 aliphatic carbocycles. The lowest BCUT2D eigenvalue weighted by Gasteiger charge is -2.08. The lowest BCUT2D eigenvalue weighted by atomic mass is 10.2. The summed E-state index contributed by atoms with van der Waals surface area (Å²) in [6, 6.07) is 14.2. The van der Waals surface area contributed by atoms with Gasteiger partial charge in [0.1, 0.15) is 35.6 Å². The Morgan fingerprint density at radius 2 is 1.81 bits per heavy atom. The van der Waals surface area contributed by atoms with Crippen molar-refractivity contribution in [2.45, 2.75) is 0 Å². The molecule has 0 aliphatic heterocycles. The quantitative estimate of drug-likeness (QED) is 0.432. The first-order valence-corrected chi connectivity index (χ1v) is 7.80. The second-order valence-electron chi connectivity index (χ2n) is 5.11. The highest BCUT2D eigenvalue weighted by Crippen LogP contribution is 2.16. The van der Waals surface area contributed by atoms with Gasteiger partial charge >= 0.3 is 0 Å².